The molecule has 4 aromatic rings. The zero-order chi connectivity index (χ0) is 41.3. The van der Waals surface area contributed by atoms with Crippen molar-refractivity contribution in [3.8, 4) is 33.6 Å². The van der Waals surface area contributed by atoms with Crippen LogP contribution in [0.5, 0.6) is 0 Å². The molecule has 2 aliphatic rings. The number of amides is 4. The Morgan fingerprint density at radius 2 is 1.02 bits per heavy atom. The molecular formula is C42H56N10O6. The lowest BCUT2D eigenvalue weighted by molar-refractivity contribution is -0.135. The first-order chi connectivity index (χ1) is 27.9. The highest BCUT2D eigenvalue weighted by atomic mass is 16.5. The predicted molar refractivity (Wildman–Crippen MR) is 219 cm³/mol. The summed E-state index contributed by atoms with van der Waals surface area (Å²) in [5.74, 6) is 1.16. The van der Waals surface area contributed by atoms with Gasteiger partial charge >= 0.3 is 12.2 Å². The van der Waals surface area contributed by atoms with E-state index >= 15 is 0 Å². The van der Waals surface area contributed by atoms with E-state index < -0.39 is 24.3 Å². The van der Waals surface area contributed by atoms with E-state index in [1.165, 1.54) is 14.2 Å². The Labute approximate surface area is 339 Å². The molecule has 4 amide bonds. The van der Waals surface area contributed by atoms with Gasteiger partial charge in [-0.15, -0.1) is 0 Å². The Morgan fingerprint density at radius 1 is 0.655 bits per heavy atom. The fraction of sp³-hybridized carbons (Fsp3) is 0.476. The number of nitrogens with zero attached hydrogens (tertiary/aromatic N) is 6. The lowest BCUT2D eigenvalue weighted by atomic mass is 10.0. The maximum absolute atomic E-state index is 13.7. The van der Waals surface area contributed by atoms with Crippen LogP contribution in [0.25, 0.3) is 33.6 Å². The van der Waals surface area contributed by atoms with Gasteiger partial charge in [0, 0.05) is 13.1 Å². The molecule has 2 aromatic heterocycles. The van der Waals surface area contributed by atoms with E-state index in [1.807, 2.05) is 47.8 Å². The molecule has 2 fully saturated rings. The van der Waals surface area contributed by atoms with Crippen LogP contribution in [0.1, 0.15) is 62.3 Å². The maximum Gasteiger partial charge on any atom is 0.407 e. The molecule has 0 spiro atoms. The topological polar surface area (TPSA) is 181 Å². The minimum absolute atomic E-state index is 0.140. The SMILES string of the molecule is COC(=O)N[C@@H](CCN(C)C)C(=O)N1CCC[C@H]1c1ncc(-c2ccc(-c3ccc(-c4cnc([C@@H]5CCCN5C(=O)[C@H](CCN(C)C)NC(=O)OC)[nH]4)cc3)cc2)[nH]1. The highest BCUT2D eigenvalue weighted by Crippen LogP contribution is 2.35. The van der Waals surface area contributed by atoms with Crippen molar-refractivity contribution in [2.24, 2.45) is 0 Å². The molecule has 16 heteroatoms. The third-order valence-corrected chi connectivity index (χ3v) is 10.9. The van der Waals surface area contributed by atoms with Crippen LogP contribution in [-0.2, 0) is 19.1 Å². The molecule has 2 aliphatic heterocycles. The number of hydrogen-bond donors (Lipinski definition) is 4. The number of carbonyl (C=O) groups is 4. The van der Waals surface area contributed by atoms with E-state index in [1.54, 1.807) is 12.4 Å². The van der Waals surface area contributed by atoms with Gasteiger partial charge in [0.25, 0.3) is 0 Å². The Hall–Kier alpha value is -5.74. The van der Waals surface area contributed by atoms with Crippen LogP contribution in [0, 0.1) is 0 Å². The smallest absolute Gasteiger partial charge is 0.407 e. The third kappa shape index (κ3) is 10.0. The van der Waals surface area contributed by atoms with Gasteiger partial charge in [0.05, 0.1) is 50.1 Å². The Kier molecular flexibility index (Phi) is 13.8. The van der Waals surface area contributed by atoms with Crippen molar-refractivity contribution in [1.29, 1.82) is 0 Å². The van der Waals surface area contributed by atoms with E-state index in [4.69, 9.17) is 19.4 Å². The second-order valence-electron chi connectivity index (χ2n) is 15.5. The number of aromatic amines is 2. The summed E-state index contributed by atoms with van der Waals surface area (Å²) in [7, 11) is 10.3. The molecule has 2 aromatic carbocycles. The molecule has 58 heavy (non-hydrogen) atoms. The highest BCUT2D eigenvalue weighted by Gasteiger charge is 2.38. The van der Waals surface area contributed by atoms with E-state index in [2.05, 4.69) is 69.1 Å². The van der Waals surface area contributed by atoms with Gasteiger partial charge < -0.3 is 49.7 Å². The fourth-order valence-electron chi connectivity index (χ4n) is 7.71. The molecule has 6 rings (SSSR count). The predicted octanol–water partition coefficient (Wildman–Crippen LogP) is 4.81. The van der Waals surface area contributed by atoms with E-state index in [-0.39, 0.29) is 23.9 Å². The number of ether oxygens (including phenoxy) is 2. The van der Waals surface area contributed by atoms with Crippen LogP contribution >= 0.6 is 0 Å². The first-order valence-electron chi connectivity index (χ1n) is 19.9. The molecule has 0 radical (unpaired) electrons. The standard InChI is InChI=1S/C42H56N10O6/c1-49(2)23-19-31(47-41(55)57-5)39(53)51-21-7-9-35(51)37-43-25-33(45-37)29-15-11-27(12-16-29)28-13-17-30(18-14-28)34-26-44-38(46-34)36-10-8-22-52(36)40(54)32(20-24-50(3)4)48-42(56)58-6/h11-18,25-26,31-32,35-36H,7-10,19-24H2,1-6H3,(H,43,45)(H,44,46)(H,47,55)(H,48,56)/t31-,32-,35-,36-/m0/s1. The van der Waals surface area contributed by atoms with Gasteiger partial charge in [0.1, 0.15) is 23.7 Å². The average molecular weight is 797 g/mol. The average Bonchev–Trinajstić information content (AvgIpc) is 4.07. The van der Waals surface area contributed by atoms with Gasteiger partial charge in [-0.25, -0.2) is 19.6 Å². The molecule has 0 saturated carbocycles. The normalized spacial score (nSPS) is 17.7. The fourth-order valence-corrected chi connectivity index (χ4v) is 7.71. The summed E-state index contributed by atoms with van der Waals surface area (Å²) in [4.78, 5) is 75.4. The van der Waals surface area contributed by atoms with Gasteiger partial charge in [0.2, 0.25) is 11.8 Å². The van der Waals surface area contributed by atoms with Crippen LogP contribution in [0.2, 0.25) is 0 Å². The number of imidazole rings is 2. The van der Waals surface area contributed by atoms with Crippen LogP contribution < -0.4 is 10.6 Å². The van der Waals surface area contributed by atoms with Gasteiger partial charge in [-0.1, -0.05) is 48.5 Å². The molecule has 16 nitrogen and oxygen atoms in total. The molecule has 0 aliphatic carbocycles. The van der Waals surface area contributed by atoms with Crippen molar-refractivity contribution in [1.82, 2.24) is 50.2 Å². The van der Waals surface area contributed by atoms with Crippen LogP contribution in [0.4, 0.5) is 9.59 Å². The molecule has 2 saturated heterocycles. The van der Waals surface area contributed by atoms with Crippen molar-refractivity contribution in [3.63, 3.8) is 0 Å². The third-order valence-electron chi connectivity index (χ3n) is 10.9. The zero-order valence-electron chi connectivity index (χ0n) is 34.3. The van der Waals surface area contributed by atoms with Gasteiger partial charge in [-0.2, -0.15) is 0 Å². The Bertz CT molecular complexity index is 1870. The summed E-state index contributed by atoms with van der Waals surface area (Å²) >= 11 is 0. The quantitative estimate of drug-likeness (QED) is 0.130. The number of benzene rings is 2. The summed E-state index contributed by atoms with van der Waals surface area (Å²) in [5.41, 5.74) is 5.77. The van der Waals surface area contributed by atoms with Crippen molar-refractivity contribution in [2.75, 3.05) is 68.6 Å². The number of methoxy groups -OCH3 is 2. The van der Waals surface area contributed by atoms with Crippen LogP contribution in [-0.4, -0.2) is 144 Å². The number of hydrogen-bond acceptors (Lipinski definition) is 10. The number of nitrogens with one attached hydrogen (secondary N) is 4. The van der Waals surface area contributed by atoms with Gasteiger partial charge in [-0.3, -0.25) is 9.59 Å². The number of alkyl carbamates (subject to hydrolysis) is 2. The Morgan fingerprint density at radius 3 is 1.36 bits per heavy atom. The van der Waals surface area contributed by atoms with Crippen molar-refractivity contribution < 1.29 is 28.7 Å². The van der Waals surface area contributed by atoms with Crippen LogP contribution in [0.15, 0.2) is 60.9 Å². The second kappa shape index (κ2) is 19.1. The largest absolute Gasteiger partial charge is 0.453 e. The molecule has 310 valence electrons. The molecule has 0 bridgehead atoms. The number of H-pyrrole nitrogens is 2. The van der Waals surface area contributed by atoms with E-state index in [0.29, 0.717) is 39.0 Å². The number of aromatic nitrogens is 4. The van der Waals surface area contributed by atoms with Crippen molar-refractivity contribution in [3.05, 3.63) is 72.6 Å². The van der Waals surface area contributed by atoms with Gasteiger partial charge in [-0.05, 0) is 102 Å². The monoisotopic (exact) mass is 796 g/mol. The summed E-state index contributed by atoms with van der Waals surface area (Å²) < 4.78 is 9.59. The van der Waals surface area contributed by atoms with E-state index in [0.717, 1.165) is 71.0 Å². The molecule has 4 heterocycles. The molecule has 4 atom stereocenters. The summed E-state index contributed by atoms with van der Waals surface area (Å²) in [5, 5.41) is 5.45. The number of rotatable bonds is 15. The second-order valence-corrected chi connectivity index (χ2v) is 15.5. The molecule has 0 unspecified atom stereocenters. The summed E-state index contributed by atoms with van der Waals surface area (Å²) in [6, 6.07) is 14.7. The number of likely N-dealkylation sites (tertiary alicyclic amines) is 2. The van der Waals surface area contributed by atoms with E-state index in [9.17, 15) is 19.2 Å². The zero-order valence-corrected chi connectivity index (χ0v) is 34.3. The highest BCUT2D eigenvalue weighted by molar-refractivity contribution is 5.87. The first kappa shape index (κ1) is 41.9. The van der Waals surface area contributed by atoms with Crippen molar-refractivity contribution >= 4 is 24.0 Å². The minimum Gasteiger partial charge on any atom is -0.453 e. The first-order valence-corrected chi connectivity index (χ1v) is 19.9. The minimum atomic E-state index is -0.695. The number of carbonyl (C=O) groups excluding carboxylic acids is 4. The molecular weight excluding hydrogens is 741 g/mol. The summed E-state index contributed by atoms with van der Waals surface area (Å²) in [6.45, 7) is 2.45. The summed E-state index contributed by atoms with van der Waals surface area (Å²) in [6.07, 6.45) is 6.53. The lowest BCUT2D eigenvalue weighted by Gasteiger charge is -2.28. The van der Waals surface area contributed by atoms with Crippen LogP contribution in [0.3, 0.4) is 0 Å². The van der Waals surface area contributed by atoms with Gasteiger partial charge in [0.15, 0.2) is 0 Å². The maximum atomic E-state index is 13.7. The van der Waals surface area contributed by atoms with Crippen molar-refractivity contribution in [2.45, 2.75) is 62.7 Å². The molecule has 4 N–H and O–H groups in total. The lowest BCUT2D eigenvalue weighted by Crippen LogP contribution is -2.49. The Balaban J connectivity index is 1.09.